The Balaban J connectivity index is 1.36. The molecule has 2 N–H and O–H groups in total. The summed E-state index contributed by atoms with van der Waals surface area (Å²) in [5.41, 5.74) is 7.92. The Labute approximate surface area is 256 Å². The number of rotatable bonds is 8. The van der Waals surface area contributed by atoms with E-state index in [0.717, 1.165) is 52.2 Å². The number of fused-ring (bicyclic) bond motifs is 1. The Morgan fingerprint density at radius 1 is 1.00 bits per heavy atom. The molecule has 1 saturated heterocycles. The quantitative estimate of drug-likeness (QED) is 0.218. The number of aryl methyl sites for hydroxylation is 3. The van der Waals surface area contributed by atoms with Gasteiger partial charge in [0.15, 0.2) is 0 Å². The maximum atomic E-state index is 6.02. The Kier molecular flexibility index (Phi) is 8.13. The van der Waals surface area contributed by atoms with Gasteiger partial charge in [0.05, 0.1) is 35.7 Å². The predicted octanol–water partition coefficient (Wildman–Crippen LogP) is 6.21. The van der Waals surface area contributed by atoms with E-state index >= 15 is 0 Å². The molecule has 3 heterocycles. The number of aromatic nitrogens is 4. The summed E-state index contributed by atoms with van der Waals surface area (Å²) in [7, 11) is 3.34. The molecule has 0 bridgehead atoms. The van der Waals surface area contributed by atoms with E-state index in [1.165, 1.54) is 22.9 Å². The summed E-state index contributed by atoms with van der Waals surface area (Å²) in [5, 5.41) is 12.8. The van der Waals surface area contributed by atoms with Crippen LogP contribution in [0.4, 0.5) is 28.8 Å². The van der Waals surface area contributed by atoms with Gasteiger partial charge in [-0.05, 0) is 90.6 Å². The largest absolute Gasteiger partial charge is 0.494 e. The van der Waals surface area contributed by atoms with E-state index in [-0.39, 0.29) is 20.1 Å². The van der Waals surface area contributed by atoms with E-state index in [1.807, 2.05) is 24.1 Å². The average Bonchev–Trinajstić information content (AvgIpc) is 3.37. The lowest BCUT2D eigenvalue weighted by Gasteiger charge is -2.38. The van der Waals surface area contributed by atoms with Gasteiger partial charge in [0.1, 0.15) is 11.6 Å². The van der Waals surface area contributed by atoms with Crippen molar-refractivity contribution in [2.75, 3.05) is 49.1 Å². The molecule has 2 aliphatic rings. The first-order valence-corrected chi connectivity index (χ1v) is 17.2. The third-order valence-corrected chi connectivity index (χ3v) is 9.71. The molecule has 0 saturated carbocycles. The number of nitrogens with one attached hydrogen (secondary N) is 2. The minimum Gasteiger partial charge on any atom is -0.494 e. The highest BCUT2D eigenvalue weighted by molar-refractivity contribution is 9.10. The van der Waals surface area contributed by atoms with E-state index in [2.05, 4.69) is 93.0 Å². The molecule has 0 amide bonds. The summed E-state index contributed by atoms with van der Waals surface area (Å²) in [6.45, 7) is 10.4. The monoisotopic (exact) mass is 649 g/mol. The van der Waals surface area contributed by atoms with Crippen LogP contribution >= 0.6 is 23.9 Å². The number of morpholine rings is 1. The lowest BCUT2D eigenvalue weighted by atomic mass is 9.88. The maximum absolute atomic E-state index is 6.02. The summed E-state index contributed by atoms with van der Waals surface area (Å²) >= 11 is 3.66. The van der Waals surface area contributed by atoms with Crippen LogP contribution in [-0.4, -0.2) is 65.5 Å². The van der Waals surface area contributed by atoms with Crippen molar-refractivity contribution in [3.05, 3.63) is 58.5 Å². The van der Waals surface area contributed by atoms with E-state index in [0.29, 0.717) is 17.5 Å². The molecule has 220 valence electrons. The van der Waals surface area contributed by atoms with Crippen molar-refractivity contribution in [3.63, 3.8) is 0 Å². The third kappa shape index (κ3) is 5.85. The first kappa shape index (κ1) is 28.9. The van der Waals surface area contributed by atoms with Gasteiger partial charge < -0.3 is 25.0 Å². The number of halogens is 1. The number of hydrogen-bond acceptors (Lipinski definition) is 8. The highest BCUT2D eigenvalue weighted by Gasteiger charge is 2.26. The summed E-state index contributed by atoms with van der Waals surface area (Å²) in [4.78, 5) is 11.8. The molecule has 6 rings (SSSR count). The van der Waals surface area contributed by atoms with E-state index in [9.17, 15) is 0 Å². The smallest absolute Gasteiger partial charge is 0.229 e. The fourth-order valence-corrected chi connectivity index (χ4v) is 7.04. The molecule has 9 nitrogen and oxygen atoms in total. The van der Waals surface area contributed by atoms with E-state index in [4.69, 9.17) is 14.5 Å². The second-order valence-corrected chi connectivity index (χ2v) is 14.4. The van der Waals surface area contributed by atoms with Crippen LogP contribution < -0.4 is 25.6 Å². The first-order valence-electron chi connectivity index (χ1n) is 14.2. The molecule has 1 aliphatic carbocycles. The minimum absolute atomic E-state index is 0.125. The summed E-state index contributed by atoms with van der Waals surface area (Å²) in [5.74, 6) is 1.89. The van der Waals surface area contributed by atoms with Crippen LogP contribution in [0.15, 0.2) is 47.3 Å². The van der Waals surface area contributed by atoms with Gasteiger partial charge in [0.25, 0.3) is 0 Å². The normalized spacial score (nSPS) is 18.0. The molecule has 2 atom stereocenters. The molecular formula is C31H37BrN7O2P. The molecule has 0 spiro atoms. The van der Waals surface area contributed by atoms with Gasteiger partial charge in [-0.3, -0.25) is 4.68 Å². The van der Waals surface area contributed by atoms with Gasteiger partial charge in [0, 0.05) is 61.1 Å². The minimum atomic E-state index is -0.282. The second kappa shape index (κ2) is 11.8. The Hall–Kier alpha value is -3.20. The molecule has 1 fully saturated rings. The topological polar surface area (TPSA) is 89.4 Å². The number of anilines is 5. The number of benzene rings is 2. The third-order valence-electron chi connectivity index (χ3n) is 7.80. The van der Waals surface area contributed by atoms with Crippen molar-refractivity contribution in [2.45, 2.75) is 38.9 Å². The van der Waals surface area contributed by atoms with Crippen LogP contribution in [0.25, 0.3) is 11.1 Å². The highest BCUT2D eigenvalue weighted by atomic mass is 79.9. The Bertz CT molecular complexity index is 1620. The van der Waals surface area contributed by atoms with Crippen molar-refractivity contribution in [1.29, 1.82) is 0 Å². The van der Waals surface area contributed by atoms with E-state index < -0.39 is 0 Å². The molecule has 1 aliphatic heterocycles. The lowest BCUT2D eigenvalue weighted by molar-refractivity contribution is -0.00519. The van der Waals surface area contributed by atoms with Gasteiger partial charge in [-0.15, -0.1) is 0 Å². The van der Waals surface area contributed by atoms with Crippen molar-refractivity contribution in [1.82, 2.24) is 19.7 Å². The maximum Gasteiger partial charge on any atom is 0.229 e. The highest BCUT2D eigenvalue weighted by Crippen LogP contribution is 2.41. The Morgan fingerprint density at radius 3 is 2.38 bits per heavy atom. The average molecular weight is 651 g/mol. The Morgan fingerprint density at radius 2 is 1.74 bits per heavy atom. The fourth-order valence-electron chi connectivity index (χ4n) is 5.73. The molecule has 0 radical (unpaired) electrons. The fraction of sp³-hybridized carbons (Fsp3) is 0.387. The van der Waals surface area contributed by atoms with Crippen molar-refractivity contribution in [3.8, 4) is 16.9 Å². The van der Waals surface area contributed by atoms with Gasteiger partial charge >= 0.3 is 0 Å². The van der Waals surface area contributed by atoms with Gasteiger partial charge in [0.2, 0.25) is 5.95 Å². The molecule has 42 heavy (non-hydrogen) atoms. The van der Waals surface area contributed by atoms with Crippen LogP contribution in [0, 0.1) is 0 Å². The summed E-state index contributed by atoms with van der Waals surface area (Å²) in [6, 6.07) is 8.84. The number of nitrogens with zero attached hydrogens (tertiary/aromatic N) is 5. The van der Waals surface area contributed by atoms with Gasteiger partial charge in [-0.25, -0.2) is 4.98 Å². The molecule has 2 aromatic heterocycles. The van der Waals surface area contributed by atoms with Crippen molar-refractivity contribution < 1.29 is 9.47 Å². The SMILES string of the molecule is COc1cc(N2CC(C)OC(C)C2)c(-c2cnn(C)c2)cc1Nc1ncc(Br)c(Nc2cc3c(cc2P(C)C)CC3)n1. The summed E-state index contributed by atoms with van der Waals surface area (Å²) in [6.07, 6.45) is 8.25. The molecule has 2 aromatic carbocycles. The standard InChI is InChI=1S/C31H37BrN7O2P/c1-18-15-39(16-19(2)41-18)27-12-28(40-4)25(11-23(27)22-13-34-38(3)17-22)36-31-33-14-24(32)30(37-31)35-26-9-20-7-8-21(20)10-29(26)42(5)6/h9-14,17-19H,7-8,15-16H2,1-6H3,(H2,33,35,36,37). The van der Waals surface area contributed by atoms with Crippen LogP contribution in [0.3, 0.4) is 0 Å². The van der Waals surface area contributed by atoms with E-state index in [1.54, 1.807) is 13.3 Å². The zero-order chi connectivity index (χ0) is 29.5. The van der Waals surface area contributed by atoms with Gasteiger partial charge in [-0.2, -0.15) is 10.1 Å². The number of ether oxygens (including phenoxy) is 2. The molecule has 4 aromatic rings. The van der Waals surface area contributed by atoms with Crippen LogP contribution in [0.2, 0.25) is 0 Å². The molecular weight excluding hydrogens is 613 g/mol. The van der Waals surface area contributed by atoms with Crippen molar-refractivity contribution >= 4 is 58.0 Å². The second-order valence-electron chi connectivity index (χ2n) is 11.3. The summed E-state index contributed by atoms with van der Waals surface area (Å²) < 4.78 is 14.5. The number of hydrogen-bond donors (Lipinski definition) is 2. The predicted molar refractivity (Wildman–Crippen MR) is 176 cm³/mol. The molecule has 2 unspecified atom stereocenters. The van der Waals surface area contributed by atoms with Crippen LogP contribution in [0.5, 0.6) is 5.75 Å². The lowest BCUT2D eigenvalue weighted by Crippen LogP contribution is -2.45. The zero-order valence-corrected chi connectivity index (χ0v) is 27.4. The van der Waals surface area contributed by atoms with Gasteiger partial charge in [-0.1, -0.05) is 7.92 Å². The zero-order valence-electron chi connectivity index (χ0n) is 24.9. The first-order chi connectivity index (χ1) is 20.2. The number of methoxy groups -OCH3 is 1. The van der Waals surface area contributed by atoms with Crippen LogP contribution in [0.1, 0.15) is 25.0 Å². The van der Waals surface area contributed by atoms with Crippen LogP contribution in [-0.2, 0) is 24.6 Å². The molecule has 11 heteroatoms. The van der Waals surface area contributed by atoms with Crippen molar-refractivity contribution in [2.24, 2.45) is 7.05 Å².